The van der Waals surface area contributed by atoms with E-state index in [1.54, 1.807) is 4.90 Å². The third kappa shape index (κ3) is 2.82. The molecule has 0 radical (unpaired) electrons. The number of nitrogens with two attached hydrogens (primary N) is 1. The average molecular weight is 277 g/mol. The van der Waals surface area contributed by atoms with Crippen LogP contribution in [0.1, 0.15) is 13.3 Å². The molecule has 1 amide bonds. The van der Waals surface area contributed by atoms with Crippen LogP contribution in [-0.2, 0) is 19.7 Å². The topological polar surface area (TPSA) is 92.9 Å². The Labute approximate surface area is 107 Å². The lowest BCUT2D eigenvalue weighted by Crippen LogP contribution is -2.53. The van der Waals surface area contributed by atoms with Crippen LogP contribution in [0, 0.1) is 5.92 Å². The van der Waals surface area contributed by atoms with Gasteiger partial charge >= 0.3 is 0 Å². The molecule has 2 unspecified atom stereocenters. The molecule has 18 heavy (non-hydrogen) atoms. The second-order valence-electron chi connectivity index (χ2n) is 4.74. The Kier molecular flexibility index (Phi) is 3.90. The second-order valence-corrected chi connectivity index (χ2v) is 6.29. The van der Waals surface area contributed by atoms with Gasteiger partial charge in [0.1, 0.15) is 0 Å². The van der Waals surface area contributed by atoms with E-state index >= 15 is 0 Å². The summed E-state index contributed by atoms with van der Waals surface area (Å²) in [5, 5.41) is 5.05. The first-order valence-electron chi connectivity index (χ1n) is 6.08. The average Bonchev–Trinajstić information content (AvgIpc) is 2.73. The fourth-order valence-corrected chi connectivity index (χ4v) is 3.13. The number of nitrogens with zero attached hydrogens (tertiary/aromatic N) is 2. The van der Waals surface area contributed by atoms with Gasteiger partial charge in [-0.2, -0.15) is 12.7 Å². The minimum atomic E-state index is -3.63. The molecule has 0 saturated carbocycles. The van der Waals surface area contributed by atoms with Gasteiger partial charge in [-0.3, -0.25) is 4.79 Å². The largest absolute Gasteiger partial charge is 0.378 e. The minimum Gasteiger partial charge on any atom is -0.378 e. The van der Waals surface area contributed by atoms with E-state index in [1.807, 2.05) is 6.92 Å². The van der Waals surface area contributed by atoms with Gasteiger partial charge in [-0.1, -0.05) is 0 Å². The number of rotatable bonds is 2. The Bertz CT molecular complexity index is 417. The Morgan fingerprint density at radius 3 is 2.33 bits per heavy atom. The smallest absolute Gasteiger partial charge is 0.277 e. The molecule has 0 aliphatic carbocycles. The number of hydrogen-bond acceptors (Lipinski definition) is 4. The maximum absolute atomic E-state index is 12.2. The van der Waals surface area contributed by atoms with Crippen LogP contribution in [0.25, 0.3) is 0 Å². The molecule has 2 atom stereocenters. The van der Waals surface area contributed by atoms with Crippen molar-refractivity contribution in [3.63, 3.8) is 0 Å². The van der Waals surface area contributed by atoms with Crippen molar-refractivity contribution >= 4 is 16.1 Å². The van der Waals surface area contributed by atoms with Crippen molar-refractivity contribution in [2.45, 2.75) is 19.4 Å². The van der Waals surface area contributed by atoms with Gasteiger partial charge in [0.2, 0.25) is 5.91 Å². The van der Waals surface area contributed by atoms with Crippen molar-refractivity contribution < 1.29 is 17.9 Å². The lowest BCUT2D eigenvalue weighted by Gasteiger charge is -2.34. The van der Waals surface area contributed by atoms with Crippen LogP contribution in [-0.4, -0.2) is 62.4 Å². The molecule has 2 rings (SSSR count). The Hall–Kier alpha value is -0.700. The molecule has 104 valence electrons. The number of carbonyl (C=O) groups excluding carboxylic acids is 1. The van der Waals surface area contributed by atoms with E-state index in [4.69, 9.17) is 9.88 Å². The van der Waals surface area contributed by atoms with Crippen molar-refractivity contribution in [2.75, 3.05) is 32.8 Å². The molecule has 0 aromatic rings. The second kappa shape index (κ2) is 5.12. The highest BCUT2D eigenvalue weighted by Gasteiger charge is 2.35. The van der Waals surface area contributed by atoms with Gasteiger partial charge < -0.3 is 9.64 Å². The van der Waals surface area contributed by atoms with Crippen LogP contribution in [0.2, 0.25) is 0 Å². The number of carbonyl (C=O) groups is 1. The first-order chi connectivity index (χ1) is 8.39. The normalized spacial score (nSPS) is 30.7. The zero-order valence-corrected chi connectivity index (χ0v) is 11.2. The number of amides is 1. The van der Waals surface area contributed by atoms with Gasteiger partial charge in [-0.15, -0.1) is 0 Å². The molecule has 2 aliphatic rings. The van der Waals surface area contributed by atoms with Gasteiger partial charge in [0.25, 0.3) is 10.2 Å². The van der Waals surface area contributed by atoms with Crippen molar-refractivity contribution in [1.29, 1.82) is 0 Å². The van der Waals surface area contributed by atoms with Gasteiger partial charge in [-0.05, 0) is 13.3 Å². The summed E-state index contributed by atoms with van der Waals surface area (Å²) in [5.74, 6) is -0.0277. The Balaban J connectivity index is 1.92. The van der Waals surface area contributed by atoms with Crippen molar-refractivity contribution in [3.05, 3.63) is 0 Å². The molecule has 0 spiro atoms. The van der Waals surface area contributed by atoms with Crippen LogP contribution in [0.5, 0.6) is 0 Å². The summed E-state index contributed by atoms with van der Waals surface area (Å²) in [7, 11) is -3.63. The monoisotopic (exact) mass is 277 g/mol. The van der Waals surface area contributed by atoms with Crippen LogP contribution in [0.4, 0.5) is 0 Å². The third-order valence-corrected chi connectivity index (χ3v) is 4.69. The summed E-state index contributed by atoms with van der Waals surface area (Å²) >= 11 is 0. The zero-order chi connectivity index (χ0) is 13.3. The van der Waals surface area contributed by atoms with E-state index in [9.17, 15) is 13.2 Å². The standard InChI is InChI=1S/C10H19N3O4S/c1-8-9(2-7-17-8)10(14)12-3-5-13(6-4-12)18(11,15)16/h8-9H,2-7H2,1H3,(H2,11,15,16). The van der Waals surface area contributed by atoms with Gasteiger partial charge in [0.05, 0.1) is 12.0 Å². The van der Waals surface area contributed by atoms with E-state index < -0.39 is 10.2 Å². The Morgan fingerprint density at radius 1 is 1.28 bits per heavy atom. The number of ether oxygens (including phenoxy) is 1. The number of piperazine rings is 1. The van der Waals surface area contributed by atoms with Gasteiger partial charge in [0.15, 0.2) is 0 Å². The van der Waals surface area contributed by atoms with E-state index in [0.717, 1.165) is 6.42 Å². The van der Waals surface area contributed by atoms with Crippen LogP contribution >= 0.6 is 0 Å². The predicted molar refractivity (Wildman–Crippen MR) is 64.8 cm³/mol. The molecular formula is C10H19N3O4S. The maximum atomic E-state index is 12.2. The Morgan fingerprint density at radius 2 is 1.89 bits per heavy atom. The van der Waals surface area contributed by atoms with Crippen molar-refractivity contribution in [1.82, 2.24) is 9.21 Å². The summed E-state index contributed by atoms with van der Waals surface area (Å²) in [6.07, 6.45) is 0.698. The van der Waals surface area contributed by atoms with E-state index in [2.05, 4.69) is 0 Å². The predicted octanol–water partition coefficient (Wildman–Crippen LogP) is -1.24. The van der Waals surface area contributed by atoms with Crippen molar-refractivity contribution in [3.8, 4) is 0 Å². The molecule has 0 bridgehead atoms. The molecule has 2 heterocycles. The molecule has 0 aromatic heterocycles. The van der Waals surface area contributed by atoms with E-state index in [1.165, 1.54) is 4.31 Å². The summed E-state index contributed by atoms with van der Waals surface area (Å²) in [6, 6.07) is 0. The zero-order valence-electron chi connectivity index (χ0n) is 10.4. The lowest BCUT2D eigenvalue weighted by molar-refractivity contribution is -0.138. The molecule has 8 heteroatoms. The molecular weight excluding hydrogens is 258 g/mol. The quantitative estimate of drug-likeness (QED) is 0.683. The molecule has 2 aliphatic heterocycles. The SMILES string of the molecule is CC1OCCC1C(=O)N1CCN(S(N)(=O)=O)CC1. The molecule has 2 N–H and O–H groups in total. The van der Waals surface area contributed by atoms with Crippen LogP contribution < -0.4 is 5.14 Å². The highest BCUT2D eigenvalue weighted by molar-refractivity contribution is 7.86. The highest BCUT2D eigenvalue weighted by Crippen LogP contribution is 2.23. The summed E-state index contributed by atoms with van der Waals surface area (Å²) in [5.41, 5.74) is 0. The summed E-state index contributed by atoms with van der Waals surface area (Å²) in [6.45, 7) is 3.86. The van der Waals surface area contributed by atoms with Gasteiger partial charge in [0, 0.05) is 32.8 Å². The molecule has 7 nitrogen and oxygen atoms in total. The first kappa shape index (κ1) is 13.7. The highest BCUT2D eigenvalue weighted by atomic mass is 32.2. The lowest BCUT2D eigenvalue weighted by atomic mass is 10.0. The van der Waals surface area contributed by atoms with E-state index in [-0.39, 0.29) is 31.0 Å². The molecule has 0 aromatic carbocycles. The third-order valence-electron chi connectivity index (χ3n) is 3.60. The minimum absolute atomic E-state index is 0.0474. The van der Waals surface area contributed by atoms with Crippen LogP contribution in [0.3, 0.4) is 0 Å². The van der Waals surface area contributed by atoms with Crippen LogP contribution in [0.15, 0.2) is 0 Å². The first-order valence-corrected chi connectivity index (χ1v) is 7.58. The number of hydrogen-bond donors (Lipinski definition) is 1. The van der Waals surface area contributed by atoms with Gasteiger partial charge in [-0.25, -0.2) is 5.14 Å². The summed E-state index contributed by atoms with van der Waals surface area (Å²) < 4.78 is 28.9. The molecule has 2 saturated heterocycles. The summed E-state index contributed by atoms with van der Waals surface area (Å²) in [4.78, 5) is 13.9. The molecule has 2 fully saturated rings. The van der Waals surface area contributed by atoms with Crippen molar-refractivity contribution in [2.24, 2.45) is 11.1 Å². The maximum Gasteiger partial charge on any atom is 0.277 e. The fraction of sp³-hybridized carbons (Fsp3) is 0.900. The fourth-order valence-electron chi connectivity index (χ4n) is 2.45. The van der Waals surface area contributed by atoms with E-state index in [0.29, 0.717) is 19.7 Å².